The third kappa shape index (κ3) is 12.3. The Hall–Kier alpha value is -3.40. The maximum absolute atomic E-state index is 14.7. The van der Waals surface area contributed by atoms with Crippen LogP contribution in [0.4, 0.5) is 20.1 Å². The molecule has 0 bridgehead atoms. The van der Waals surface area contributed by atoms with Gasteiger partial charge in [-0.25, -0.2) is 27.1 Å². The summed E-state index contributed by atoms with van der Waals surface area (Å²) in [4.78, 5) is 59.8. The lowest BCUT2D eigenvalue weighted by molar-refractivity contribution is 0.0137. The number of anilines is 1. The van der Waals surface area contributed by atoms with E-state index < -0.39 is 56.8 Å². The Labute approximate surface area is 320 Å². The SMILES string of the molecule is CCS(=O)(=O)N(Cc1cccc(Cl)c1)C(=O)c1cc(Br)cc(CN2CCN(C(=O)OC(C)(C)C)CC2)c1N(C(=O)OC(C)(C)C)C(=O)OC(C)(C)C. The highest BCUT2D eigenvalue weighted by atomic mass is 79.9. The summed E-state index contributed by atoms with van der Waals surface area (Å²) in [5.74, 6) is -1.41. The van der Waals surface area contributed by atoms with E-state index in [-0.39, 0.29) is 24.3 Å². The highest BCUT2D eigenvalue weighted by Crippen LogP contribution is 2.35. The number of sulfonamides is 1. The van der Waals surface area contributed by atoms with Gasteiger partial charge in [-0.1, -0.05) is 39.7 Å². The van der Waals surface area contributed by atoms with Gasteiger partial charge in [-0.2, -0.15) is 4.90 Å². The molecule has 1 fully saturated rings. The minimum Gasteiger partial charge on any atom is -0.444 e. The number of carbonyl (C=O) groups is 4. The molecule has 1 aliphatic rings. The number of nitrogens with zero attached hydrogens (tertiary/aromatic N) is 4. The number of piperazine rings is 1. The molecular formula is C36H50BrClN4O9S. The van der Waals surface area contributed by atoms with Gasteiger partial charge in [0.05, 0.1) is 23.5 Å². The van der Waals surface area contributed by atoms with E-state index in [4.69, 9.17) is 25.8 Å². The van der Waals surface area contributed by atoms with Crippen LogP contribution >= 0.6 is 27.5 Å². The van der Waals surface area contributed by atoms with Crippen LogP contribution in [-0.4, -0.2) is 95.4 Å². The Balaban J connectivity index is 2.24. The van der Waals surface area contributed by atoms with E-state index in [1.165, 1.54) is 13.0 Å². The highest BCUT2D eigenvalue weighted by Gasteiger charge is 2.40. The topological polar surface area (TPSA) is 143 Å². The van der Waals surface area contributed by atoms with Gasteiger partial charge in [0, 0.05) is 42.2 Å². The van der Waals surface area contributed by atoms with Crippen molar-refractivity contribution in [2.75, 3.05) is 36.8 Å². The molecule has 16 heteroatoms. The second-order valence-electron chi connectivity index (χ2n) is 15.3. The number of benzene rings is 2. The van der Waals surface area contributed by atoms with Gasteiger partial charge in [0.25, 0.3) is 5.91 Å². The zero-order valence-corrected chi connectivity index (χ0v) is 34.7. The minimum atomic E-state index is -4.22. The first-order valence-corrected chi connectivity index (χ1v) is 19.7. The minimum absolute atomic E-state index is 0.0914. The van der Waals surface area contributed by atoms with Crippen LogP contribution < -0.4 is 4.90 Å². The fourth-order valence-electron chi connectivity index (χ4n) is 5.12. The summed E-state index contributed by atoms with van der Waals surface area (Å²) in [6.45, 7) is 17.7. The number of hydrogen-bond donors (Lipinski definition) is 0. The van der Waals surface area contributed by atoms with Gasteiger partial charge in [0.1, 0.15) is 16.8 Å². The summed E-state index contributed by atoms with van der Waals surface area (Å²) in [7, 11) is -4.22. The van der Waals surface area contributed by atoms with Crippen molar-refractivity contribution < 1.29 is 41.8 Å². The van der Waals surface area contributed by atoms with E-state index in [2.05, 4.69) is 15.9 Å². The lowest BCUT2D eigenvalue weighted by Gasteiger charge is -2.36. The van der Waals surface area contributed by atoms with Crippen molar-refractivity contribution in [3.8, 4) is 0 Å². The fraction of sp³-hybridized carbons (Fsp3) is 0.556. The molecule has 1 saturated heterocycles. The molecule has 2 aromatic carbocycles. The molecule has 1 aliphatic heterocycles. The molecule has 288 valence electrons. The lowest BCUT2D eigenvalue weighted by Crippen LogP contribution is -2.50. The van der Waals surface area contributed by atoms with Gasteiger partial charge < -0.3 is 19.1 Å². The Kier molecular flexibility index (Phi) is 13.8. The first-order valence-electron chi connectivity index (χ1n) is 16.9. The molecule has 1 heterocycles. The summed E-state index contributed by atoms with van der Waals surface area (Å²) >= 11 is 9.68. The van der Waals surface area contributed by atoms with Crippen molar-refractivity contribution >= 4 is 67.4 Å². The maximum atomic E-state index is 14.7. The van der Waals surface area contributed by atoms with E-state index in [9.17, 15) is 27.6 Å². The van der Waals surface area contributed by atoms with Gasteiger partial charge in [-0.15, -0.1) is 0 Å². The molecule has 13 nitrogen and oxygen atoms in total. The number of imide groups is 1. The summed E-state index contributed by atoms with van der Waals surface area (Å²) in [6, 6.07) is 9.44. The molecule has 0 N–H and O–H groups in total. The van der Waals surface area contributed by atoms with Crippen LogP contribution in [0.15, 0.2) is 40.9 Å². The van der Waals surface area contributed by atoms with Crippen LogP contribution in [0.5, 0.6) is 0 Å². The Morgan fingerprint density at radius 3 is 1.85 bits per heavy atom. The van der Waals surface area contributed by atoms with Gasteiger partial charge in [-0.3, -0.25) is 9.69 Å². The standard InChI is InChI=1S/C36H50BrClN4O9S/c1-11-52(47,48)41(22-24-13-12-14-27(38)19-24)30(43)28-21-26(37)20-25(23-39-15-17-40(18-16-39)31(44)49-34(2,3)4)29(28)42(32(45)50-35(5,6)7)33(46)51-36(8,9)10/h12-14,19-21H,11,15-18,22-23H2,1-10H3. The average molecular weight is 830 g/mol. The average Bonchev–Trinajstić information content (AvgIpc) is 2.98. The molecule has 0 spiro atoms. The van der Waals surface area contributed by atoms with Crippen molar-refractivity contribution in [1.29, 1.82) is 0 Å². The molecule has 0 unspecified atom stereocenters. The molecule has 2 aromatic rings. The van der Waals surface area contributed by atoms with Crippen molar-refractivity contribution in [2.24, 2.45) is 0 Å². The van der Waals surface area contributed by atoms with Crippen LogP contribution in [0, 0.1) is 0 Å². The van der Waals surface area contributed by atoms with E-state index >= 15 is 0 Å². The number of ether oxygens (including phenoxy) is 3. The molecule has 0 saturated carbocycles. The Bertz CT molecular complexity index is 1730. The van der Waals surface area contributed by atoms with E-state index in [0.29, 0.717) is 56.0 Å². The maximum Gasteiger partial charge on any atom is 0.424 e. The van der Waals surface area contributed by atoms with Crippen LogP contribution in [0.3, 0.4) is 0 Å². The zero-order chi connectivity index (χ0) is 39.4. The normalized spacial score (nSPS) is 14.4. The number of amides is 4. The summed E-state index contributed by atoms with van der Waals surface area (Å²) in [6.07, 6.45) is -2.70. The van der Waals surface area contributed by atoms with E-state index in [1.54, 1.807) is 97.5 Å². The van der Waals surface area contributed by atoms with Gasteiger partial charge in [0.2, 0.25) is 10.0 Å². The predicted molar refractivity (Wildman–Crippen MR) is 203 cm³/mol. The van der Waals surface area contributed by atoms with Crippen molar-refractivity contribution in [2.45, 2.75) is 99.1 Å². The quantitative estimate of drug-likeness (QED) is 0.242. The predicted octanol–water partition coefficient (Wildman–Crippen LogP) is 7.82. The van der Waals surface area contributed by atoms with E-state index in [1.807, 2.05) is 4.90 Å². The molecule has 52 heavy (non-hydrogen) atoms. The molecule has 3 rings (SSSR count). The molecule has 0 aromatic heterocycles. The van der Waals surface area contributed by atoms with Crippen molar-refractivity contribution in [1.82, 2.24) is 14.1 Å². The second-order valence-corrected chi connectivity index (χ2v) is 18.9. The zero-order valence-electron chi connectivity index (χ0n) is 31.5. The molecular weight excluding hydrogens is 780 g/mol. The monoisotopic (exact) mass is 828 g/mol. The number of carbonyl (C=O) groups excluding carboxylic acids is 4. The fourth-order valence-corrected chi connectivity index (χ4v) is 6.85. The third-order valence-corrected chi connectivity index (χ3v) is 9.71. The van der Waals surface area contributed by atoms with Crippen LogP contribution in [-0.2, 0) is 37.3 Å². The van der Waals surface area contributed by atoms with Crippen LogP contribution in [0.1, 0.15) is 90.7 Å². The summed E-state index contributed by atoms with van der Waals surface area (Å²) in [5.41, 5.74) is -2.52. The van der Waals surface area contributed by atoms with Gasteiger partial charge in [-0.05, 0) is 105 Å². The smallest absolute Gasteiger partial charge is 0.424 e. The number of halogens is 2. The molecule has 0 atom stereocenters. The summed E-state index contributed by atoms with van der Waals surface area (Å²) < 4.78 is 45.2. The first-order chi connectivity index (χ1) is 23.8. The van der Waals surface area contributed by atoms with Crippen molar-refractivity contribution in [3.05, 3.63) is 62.6 Å². The van der Waals surface area contributed by atoms with Gasteiger partial charge >= 0.3 is 18.3 Å². The Morgan fingerprint density at radius 1 is 0.827 bits per heavy atom. The number of hydrogen-bond acceptors (Lipinski definition) is 10. The lowest BCUT2D eigenvalue weighted by atomic mass is 10.0. The van der Waals surface area contributed by atoms with E-state index in [0.717, 1.165) is 0 Å². The van der Waals surface area contributed by atoms with Crippen LogP contribution in [0.25, 0.3) is 0 Å². The van der Waals surface area contributed by atoms with Crippen molar-refractivity contribution in [3.63, 3.8) is 0 Å². The number of rotatable bonds is 8. The van der Waals surface area contributed by atoms with Gasteiger partial charge in [0.15, 0.2) is 0 Å². The Morgan fingerprint density at radius 2 is 1.37 bits per heavy atom. The third-order valence-electron chi connectivity index (χ3n) is 7.32. The second kappa shape index (κ2) is 16.7. The molecule has 0 radical (unpaired) electrons. The first kappa shape index (κ1) is 43.0. The molecule has 0 aliphatic carbocycles. The summed E-state index contributed by atoms with van der Waals surface area (Å²) in [5, 5.41) is 0.344. The highest BCUT2D eigenvalue weighted by molar-refractivity contribution is 9.10. The molecule has 4 amide bonds. The van der Waals surface area contributed by atoms with Crippen LogP contribution in [0.2, 0.25) is 5.02 Å². The largest absolute Gasteiger partial charge is 0.444 e.